The zero-order chi connectivity index (χ0) is 12.3. The fourth-order valence-electron chi connectivity index (χ4n) is 1.69. The number of hydrogen-bond acceptors (Lipinski definition) is 2. The van der Waals surface area contributed by atoms with E-state index in [0.717, 1.165) is 11.3 Å². The van der Waals surface area contributed by atoms with Gasteiger partial charge in [-0.15, -0.1) is 11.6 Å². The summed E-state index contributed by atoms with van der Waals surface area (Å²) in [6.07, 6.45) is 0. The molecule has 88 valence electrons. The third-order valence-electron chi connectivity index (χ3n) is 2.44. The minimum Gasteiger partial charge on any atom is -0.496 e. The number of benzene rings is 1. The van der Waals surface area contributed by atoms with Gasteiger partial charge in [-0.3, -0.25) is 4.79 Å². The molecule has 1 heterocycles. The highest BCUT2D eigenvalue weighted by Gasteiger charge is 2.06. The van der Waals surface area contributed by atoms with E-state index in [4.69, 9.17) is 16.3 Å². The van der Waals surface area contributed by atoms with Gasteiger partial charge in [0.25, 0.3) is 0 Å². The smallest absolute Gasteiger partial charge is 0.182 e. The number of pyridine rings is 1. The van der Waals surface area contributed by atoms with Crippen molar-refractivity contribution in [1.82, 2.24) is 4.98 Å². The van der Waals surface area contributed by atoms with Crippen LogP contribution in [0.5, 0.6) is 5.75 Å². The summed E-state index contributed by atoms with van der Waals surface area (Å²) in [5.41, 5.74) is 2.19. The van der Waals surface area contributed by atoms with Gasteiger partial charge in [-0.1, -0.05) is 12.1 Å². The van der Waals surface area contributed by atoms with E-state index in [1.807, 2.05) is 24.3 Å². The maximum atomic E-state index is 11.5. The summed E-state index contributed by atoms with van der Waals surface area (Å²) in [6, 6.07) is 10.5. The number of alkyl halides is 1. The van der Waals surface area contributed by atoms with Gasteiger partial charge in [0.1, 0.15) is 5.75 Å². The van der Waals surface area contributed by atoms with Crippen LogP contribution < -0.4 is 10.2 Å². The Balaban J connectivity index is 2.59. The summed E-state index contributed by atoms with van der Waals surface area (Å²) in [7, 11) is 1.60. The van der Waals surface area contributed by atoms with Gasteiger partial charge in [0, 0.05) is 23.4 Å². The molecule has 0 atom stereocenters. The molecule has 1 N–H and O–H groups in total. The number of aromatic amines is 1. The Hall–Kier alpha value is -1.74. The molecule has 0 aliphatic rings. The molecule has 0 spiro atoms. The molecule has 1 aromatic carbocycles. The average Bonchev–Trinajstić information content (AvgIpc) is 2.37. The van der Waals surface area contributed by atoms with Gasteiger partial charge in [0.2, 0.25) is 0 Å². The van der Waals surface area contributed by atoms with Gasteiger partial charge < -0.3 is 9.72 Å². The molecule has 0 unspecified atom stereocenters. The van der Waals surface area contributed by atoms with Crippen LogP contribution >= 0.6 is 11.6 Å². The Morgan fingerprint density at radius 2 is 2.06 bits per heavy atom. The normalized spacial score (nSPS) is 10.2. The summed E-state index contributed by atoms with van der Waals surface area (Å²) >= 11 is 5.73. The van der Waals surface area contributed by atoms with Crippen LogP contribution in [0.15, 0.2) is 41.2 Å². The zero-order valence-electron chi connectivity index (χ0n) is 9.37. The van der Waals surface area contributed by atoms with Crippen molar-refractivity contribution in [3.63, 3.8) is 0 Å². The third-order valence-corrected chi connectivity index (χ3v) is 2.73. The second kappa shape index (κ2) is 5.06. The fraction of sp³-hybridized carbons (Fsp3) is 0.154. The van der Waals surface area contributed by atoms with Crippen LogP contribution in [0.25, 0.3) is 11.3 Å². The van der Waals surface area contributed by atoms with Crippen molar-refractivity contribution in [2.45, 2.75) is 5.88 Å². The first-order valence-corrected chi connectivity index (χ1v) is 5.70. The molecular formula is C13H12ClNO2. The van der Waals surface area contributed by atoms with E-state index in [-0.39, 0.29) is 11.3 Å². The summed E-state index contributed by atoms with van der Waals surface area (Å²) in [4.78, 5) is 14.6. The molecule has 0 aliphatic heterocycles. The monoisotopic (exact) mass is 249 g/mol. The molecule has 0 saturated heterocycles. The minimum absolute atomic E-state index is 0.0692. The lowest BCUT2D eigenvalue weighted by atomic mass is 10.1. The molecule has 1 aromatic heterocycles. The second-order valence-corrected chi connectivity index (χ2v) is 3.86. The first-order valence-electron chi connectivity index (χ1n) is 5.17. The second-order valence-electron chi connectivity index (χ2n) is 3.59. The van der Waals surface area contributed by atoms with E-state index >= 15 is 0 Å². The van der Waals surface area contributed by atoms with Gasteiger partial charge in [0.15, 0.2) is 5.43 Å². The predicted octanol–water partition coefficient (Wildman–Crippen LogP) is 2.79. The summed E-state index contributed by atoms with van der Waals surface area (Å²) in [5.74, 6) is 0.993. The number of para-hydroxylation sites is 1. The number of H-pyrrole nitrogens is 1. The van der Waals surface area contributed by atoms with Gasteiger partial charge in [-0.25, -0.2) is 0 Å². The summed E-state index contributed by atoms with van der Waals surface area (Å²) in [6.45, 7) is 0. The molecule has 0 amide bonds. The predicted molar refractivity (Wildman–Crippen MR) is 68.6 cm³/mol. The minimum atomic E-state index is -0.0692. The molecule has 2 aromatic rings. The van der Waals surface area contributed by atoms with Crippen LogP contribution in [0.2, 0.25) is 0 Å². The average molecular weight is 250 g/mol. The third kappa shape index (κ3) is 2.50. The number of aromatic nitrogens is 1. The quantitative estimate of drug-likeness (QED) is 0.850. The lowest BCUT2D eigenvalue weighted by Gasteiger charge is -2.09. The van der Waals surface area contributed by atoms with Crippen molar-refractivity contribution in [2.24, 2.45) is 0 Å². The highest BCUT2D eigenvalue weighted by Crippen LogP contribution is 2.27. The maximum absolute atomic E-state index is 11.5. The first-order chi connectivity index (χ1) is 8.24. The fourth-order valence-corrected chi connectivity index (χ4v) is 1.83. The van der Waals surface area contributed by atoms with Crippen molar-refractivity contribution in [2.75, 3.05) is 7.11 Å². The highest BCUT2D eigenvalue weighted by molar-refractivity contribution is 6.16. The number of nitrogens with one attached hydrogen (secondary N) is 1. The van der Waals surface area contributed by atoms with Gasteiger partial charge in [-0.2, -0.15) is 0 Å². The molecule has 4 heteroatoms. The lowest BCUT2D eigenvalue weighted by Crippen LogP contribution is -2.03. The molecule has 0 saturated carbocycles. The van der Waals surface area contributed by atoms with E-state index in [1.165, 1.54) is 12.1 Å². The van der Waals surface area contributed by atoms with Crippen LogP contribution in [0, 0.1) is 0 Å². The van der Waals surface area contributed by atoms with E-state index in [2.05, 4.69) is 4.98 Å². The van der Waals surface area contributed by atoms with Crippen molar-refractivity contribution in [1.29, 1.82) is 0 Å². The SMILES string of the molecule is COc1ccccc1-c1cc(=O)cc(CCl)[nH]1. The van der Waals surface area contributed by atoms with Gasteiger partial charge >= 0.3 is 0 Å². The highest BCUT2D eigenvalue weighted by atomic mass is 35.5. The van der Waals surface area contributed by atoms with Crippen LogP contribution in [0.3, 0.4) is 0 Å². The lowest BCUT2D eigenvalue weighted by molar-refractivity contribution is 0.416. The van der Waals surface area contributed by atoms with Crippen LogP contribution in [0.1, 0.15) is 5.69 Å². The standard InChI is InChI=1S/C13H12ClNO2/c1-17-13-5-3-2-4-11(13)12-7-10(16)6-9(8-14)15-12/h2-7H,8H2,1H3,(H,15,16). The largest absolute Gasteiger partial charge is 0.496 e. The van der Waals surface area contributed by atoms with E-state index in [9.17, 15) is 4.79 Å². The van der Waals surface area contributed by atoms with Crippen LogP contribution in [-0.2, 0) is 5.88 Å². The van der Waals surface area contributed by atoms with Gasteiger partial charge in [0.05, 0.1) is 18.7 Å². The number of ether oxygens (including phenoxy) is 1. The van der Waals surface area contributed by atoms with Crippen molar-refractivity contribution >= 4 is 11.6 Å². The van der Waals surface area contributed by atoms with Gasteiger partial charge in [-0.05, 0) is 12.1 Å². The van der Waals surface area contributed by atoms with E-state index < -0.39 is 0 Å². The molecule has 0 fully saturated rings. The van der Waals surface area contributed by atoms with Crippen molar-refractivity contribution < 1.29 is 4.74 Å². The Morgan fingerprint density at radius 1 is 1.29 bits per heavy atom. The molecule has 0 radical (unpaired) electrons. The topological polar surface area (TPSA) is 42.1 Å². The zero-order valence-corrected chi connectivity index (χ0v) is 10.1. The van der Waals surface area contributed by atoms with E-state index in [0.29, 0.717) is 11.4 Å². The number of hydrogen-bond donors (Lipinski definition) is 1. The van der Waals surface area contributed by atoms with E-state index in [1.54, 1.807) is 7.11 Å². The number of methoxy groups -OCH3 is 1. The summed E-state index contributed by atoms with van der Waals surface area (Å²) in [5, 5.41) is 0. The first kappa shape index (κ1) is 11.7. The summed E-state index contributed by atoms with van der Waals surface area (Å²) < 4.78 is 5.26. The molecule has 0 bridgehead atoms. The number of rotatable bonds is 3. The maximum Gasteiger partial charge on any atom is 0.182 e. The molecule has 17 heavy (non-hydrogen) atoms. The Morgan fingerprint density at radius 3 is 2.76 bits per heavy atom. The van der Waals surface area contributed by atoms with Crippen molar-refractivity contribution in [3.05, 3.63) is 52.3 Å². The molecular weight excluding hydrogens is 238 g/mol. The van der Waals surface area contributed by atoms with Crippen LogP contribution in [-0.4, -0.2) is 12.1 Å². The molecule has 2 rings (SSSR count). The Bertz CT molecular complexity index is 578. The van der Waals surface area contributed by atoms with Crippen molar-refractivity contribution in [3.8, 4) is 17.0 Å². The number of halogens is 1. The Kier molecular flexibility index (Phi) is 3.49. The molecule has 3 nitrogen and oxygen atoms in total. The molecule has 0 aliphatic carbocycles. The van der Waals surface area contributed by atoms with Crippen LogP contribution in [0.4, 0.5) is 0 Å². The Labute approximate surface area is 104 Å².